The lowest BCUT2D eigenvalue weighted by atomic mass is 9.60. The molecule has 0 amide bonds. The smallest absolute Gasteiger partial charge is 0.194 e. The summed E-state index contributed by atoms with van der Waals surface area (Å²) in [5.41, 5.74) is 0.488. The summed E-state index contributed by atoms with van der Waals surface area (Å²) in [5, 5.41) is 0. The quantitative estimate of drug-likeness (QED) is 0.560. The largest absolute Gasteiger partial charge is 0.493 e. The Morgan fingerprint density at radius 2 is 1.52 bits per heavy atom. The molecule has 0 N–H and O–H groups in total. The van der Waals surface area contributed by atoms with Gasteiger partial charge in [0.2, 0.25) is 0 Å². The van der Waals surface area contributed by atoms with E-state index in [0.717, 1.165) is 36.8 Å². The van der Waals surface area contributed by atoms with Crippen LogP contribution in [0.5, 0.6) is 5.75 Å². The molecule has 0 heterocycles. The van der Waals surface area contributed by atoms with Crippen molar-refractivity contribution in [2.45, 2.75) is 65.2 Å². The zero-order valence-electron chi connectivity index (χ0n) is 15.3. The molecule has 1 nitrogen and oxygen atoms in total. The average Bonchev–Trinajstić information content (AvgIpc) is 2.61. The number of hydrogen-bond donors (Lipinski definition) is 0. The van der Waals surface area contributed by atoms with E-state index in [4.69, 9.17) is 4.74 Å². The van der Waals surface area contributed by atoms with Crippen molar-refractivity contribution in [3.63, 3.8) is 0 Å². The normalized spacial score (nSPS) is 33.2. The van der Waals surface area contributed by atoms with Gasteiger partial charge in [-0.3, -0.25) is 0 Å². The summed E-state index contributed by atoms with van der Waals surface area (Å²) in [5.74, 6) is -1.68. The molecule has 0 atom stereocenters. The molecule has 0 aromatic heterocycles. The summed E-state index contributed by atoms with van der Waals surface area (Å²) >= 11 is 0. The van der Waals surface area contributed by atoms with Crippen molar-refractivity contribution in [3.05, 3.63) is 29.6 Å². The van der Waals surface area contributed by atoms with Gasteiger partial charge in [-0.1, -0.05) is 26.7 Å². The number of hydrogen-bond acceptors (Lipinski definition) is 1. The van der Waals surface area contributed by atoms with Crippen LogP contribution in [0.3, 0.4) is 0 Å². The van der Waals surface area contributed by atoms with Crippen LogP contribution in [0.1, 0.15) is 65.2 Å². The molecule has 0 unspecified atom stereocenters. The van der Waals surface area contributed by atoms with Crippen LogP contribution in [0.4, 0.5) is 13.2 Å². The summed E-state index contributed by atoms with van der Waals surface area (Å²) in [6.07, 6.45) is 10.0. The molecular weight excluding hydrogens is 325 g/mol. The zero-order valence-corrected chi connectivity index (χ0v) is 15.3. The molecule has 1 aromatic carbocycles. The minimum Gasteiger partial charge on any atom is -0.493 e. The van der Waals surface area contributed by atoms with Crippen molar-refractivity contribution in [3.8, 4) is 5.75 Å². The second kappa shape index (κ2) is 7.59. The van der Waals surface area contributed by atoms with Crippen molar-refractivity contribution in [1.82, 2.24) is 0 Å². The number of benzene rings is 1. The van der Waals surface area contributed by atoms with Gasteiger partial charge in [0, 0.05) is 12.1 Å². The van der Waals surface area contributed by atoms with Crippen LogP contribution in [0, 0.1) is 40.6 Å². The summed E-state index contributed by atoms with van der Waals surface area (Å²) in [4.78, 5) is 0. The van der Waals surface area contributed by atoms with Crippen LogP contribution in [-0.2, 0) is 0 Å². The fourth-order valence-corrected chi connectivity index (χ4v) is 4.69. The van der Waals surface area contributed by atoms with E-state index in [1.165, 1.54) is 38.5 Å². The van der Waals surface area contributed by atoms with E-state index in [2.05, 4.69) is 13.8 Å². The standard InChI is InChI=1S/C21H29F3O/c1-14-7-9-21(2,10-8-14)16-5-3-15(4-6-16)13-25-17-11-18(22)20(24)19(23)12-17/h11-12,14-16H,3-10,13H2,1-2H3. The Morgan fingerprint density at radius 1 is 0.960 bits per heavy atom. The van der Waals surface area contributed by atoms with Gasteiger partial charge >= 0.3 is 0 Å². The Balaban J connectivity index is 1.48. The highest BCUT2D eigenvalue weighted by atomic mass is 19.2. The Morgan fingerprint density at radius 3 is 2.08 bits per heavy atom. The van der Waals surface area contributed by atoms with Gasteiger partial charge in [-0.25, -0.2) is 13.2 Å². The van der Waals surface area contributed by atoms with Crippen molar-refractivity contribution >= 4 is 0 Å². The second-order valence-corrected chi connectivity index (χ2v) is 8.57. The summed E-state index contributed by atoms with van der Waals surface area (Å²) < 4.78 is 45.0. The molecule has 1 aromatic rings. The highest BCUT2D eigenvalue weighted by Crippen LogP contribution is 2.49. The first-order valence-corrected chi connectivity index (χ1v) is 9.65. The van der Waals surface area contributed by atoms with Crippen LogP contribution in [0.2, 0.25) is 0 Å². The minimum absolute atomic E-state index is 0.0757. The predicted octanol–water partition coefficient (Wildman–Crippen LogP) is 6.51. The molecular formula is C21H29F3O. The lowest BCUT2D eigenvalue weighted by Gasteiger charge is -2.45. The van der Waals surface area contributed by atoms with Crippen molar-refractivity contribution in [2.24, 2.45) is 23.2 Å². The Bertz CT molecular complexity index is 562. The van der Waals surface area contributed by atoms with E-state index in [0.29, 0.717) is 17.9 Å². The Labute approximate surface area is 149 Å². The molecule has 4 heteroatoms. The van der Waals surface area contributed by atoms with Crippen LogP contribution < -0.4 is 4.74 Å². The first-order chi connectivity index (χ1) is 11.9. The minimum atomic E-state index is -1.44. The average molecular weight is 354 g/mol. The number of ether oxygens (including phenoxy) is 1. The van der Waals surface area contributed by atoms with E-state index in [1.807, 2.05) is 0 Å². The molecule has 2 saturated carbocycles. The molecule has 0 bridgehead atoms. The van der Waals surface area contributed by atoms with Crippen molar-refractivity contribution in [2.75, 3.05) is 6.61 Å². The fraction of sp³-hybridized carbons (Fsp3) is 0.714. The topological polar surface area (TPSA) is 9.23 Å². The molecule has 2 aliphatic rings. The Kier molecular flexibility index (Phi) is 5.65. The van der Waals surface area contributed by atoms with Gasteiger partial charge in [0.25, 0.3) is 0 Å². The molecule has 2 fully saturated rings. The second-order valence-electron chi connectivity index (χ2n) is 8.57. The van der Waals surface area contributed by atoms with E-state index < -0.39 is 17.5 Å². The molecule has 0 aliphatic heterocycles. The van der Waals surface area contributed by atoms with Crippen LogP contribution in [0.25, 0.3) is 0 Å². The van der Waals surface area contributed by atoms with Gasteiger partial charge in [-0.2, -0.15) is 0 Å². The maximum Gasteiger partial charge on any atom is 0.194 e. The lowest BCUT2D eigenvalue weighted by Crippen LogP contribution is -2.35. The van der Waals surface area contributed by atoms with Gasteiger partial charge in [-0.15, -0.1) is 0 Å². The number of halogens is 3. The molecule has 140 valence electrons. The predicted molar refractivity (Wildman–Crippen MR) is 93.0 cm³/mol. The third-order valence-electron chi connectivity index (χ3n) is 6.69. The number of rotatable bonds is 4. The van der Waals surface area contributed by atoms with E-state index in [1.54, 1.807) is 0 Å². The summed E-state index contributed by atoms with van der Waals surface area (Å²) in [6, 6.07) is 1.85. The summed E-state index contributed by atoms with van der Waals surface area (Å²) in [6.45, 7) is 5.27. The van der Waals surface area contributed by atoms with Crippen molar-refractivity contribution < 1.29 is 17.9 Å². The maximum atomic E-state index is 13.2. The van der Waals surface area contributed by atoms with Gasteiger partial charge in [0.1, 0.15) is 5.75 Å². The molecule has 25 heavy (non-hydrogen) atoms. The van der Waals surface area contributed by atoms with E-state index in [9.17, 15) is 13.2 Å². The van der Waals surface area contributed by atoms with E-state index >= 15 is 0 Å². The molecule has 0 radical (unpaired) electrons. The van der Waals surface area contributed by atoms with Gasteiger partial charge in [-0.05, 0) is 61.7 Å². The van der Waals surface area contributed by atoms with Gasteiger partial charge in [0.15, 0.2) is 17.5 Å². The SMILES string of the molecule is CC1CCC(C)(C2CCC(COc3cc(F)c(F)c(F)c3)CC2)CC1. The lowest BCUT2D eigenvalue weighted by molar-refractivity contribution is 0.0509. The van der Waals surface area contributed by atoms with Crippen molar-refractivity contribution in [1.29, 1.82) is 0 Å². The molecule has 2 aliphatic carbocycles. The molecule has 0 spiro atoms. The van der Waals surface area contributed by atoms with Gasteiger partial charge in [0.05, 0.1) is 6.61 Å². The Hall–Kier alpha value is -1.19. The van der Waals surface area contributed by atoms with Crippen LogP contribution >= 0.6 is 0 Å². The first kappa shape index (κ1) is 18.6. The monoisotopic (exact) mass is 354 g/mol. The first-order valence-electron chi connectivity index (χ1n) is 9.65. The molecule has 3 rings (SSSR count). The third-order valence-corrected chi connectivity index (χ3v) is 6.69. The van der Waals surface area contributed by atoms with Crippen LogP contribution in [-0.4, -0.2) is 6.61 Å². The third kappa shape index (κ3) is 4.32. The fourth-order valence-electron chi connectivity index (χ4n) is 4.69. The zero-order chi connectivity index (χ0) is 18.0. The highest BCUT2D eigenvalue weighted by molar-refractivity contribution is 5.25. The van der Waals surface area contributed by atoms with Gasteiger partial charge < -0.3 is 4.74 Å². The summed E-state index contributed by atoms with van der Waals surface area (Å²) in [7, 11) is 0. The maximum absolute atomic E-state index is 13.2. The highest BCUT2D eigenvalue weighted by Gasteiger charge is 2.38. The van der Waals surface area contributed by atoms with E-state index in [-0.39, 0.29) is 5.75 Å². The van der Waals surface area contributed by atoms with Crippen LogP contribution in [0.15, 0.2) is 12.1 Å². The molecule has 0 saturated heterocycles.